The molecule has 3 heterocycles. The summed E-state index contributed by atoms with van der Waals surface area (Å²) in [6.07, 6.45) is 4.55. The highest BCUT2D eigenvalue weighted by atomic mass is 15.4. The number of anilines is 2. The van der Waals surface area contributed by atoms with E-state index in [0.717, 1.165) is 19.5 Å². The van der Waals surface area contributed by atoms with Crippen molar-refractivity contribution in [2.45, 2.75) is 12.5 Å². The van der Waals surface area contributed by atoms with E-state index in [-0.39, 0.29) is 0 Å². The molecule has 3 N–H and O–H groups in total. The van der Waals surface area contributed by atoms with Crippen molar-refractivity contribution in [3.63, 3.8) is 0 Å². The van der Waals surface area contributed by atoms with Crippen molar-refractivity contribution in [2.24, 2.45) is 5.84 Å². The molecule has 0 saturated carbocycles. The van der Waals surface area contributed by atoms with Crippen LogP contribution in [0.15, 0.2) is 18.5 Å². The molecule has 1 aliphatic rings. The quantitative estimate of drug-likeness (QED) is 0.573. The molecule has 0 radical (unpaired) electrons. The van der Waals surface area contributed by atoms with Crippen LogP contribution < -0.4 is 16.2 Å². The summed E-state index contributed by atoms with van der Waals surface area (Å²) >= 11 is 0. The molecule has 2 aromatic rings. The van der Waals surface area contributed by atoms with Gasteiger partial charge in [0.2, 0.25) is 11.9 Å². The van der Waals surface area contributed by atoms with Gasteiger partial charge in [0.25, 0.3) is 5.95 Å². The van der Waals surface area contributed by atoms with Crippen LogP contribution in [0.4, 0.5) is 11.9 Å². The van der Waals surface area contributed by atoms with Crippen molar-refractivity contribution in [3.8, 4) is 5.95 Å². The summed E-state index contributed by atoms with van der Waals surface area (Å²) in [6.45, 7) is 1.80. The molecule has 1 saturated heterocycles. The van der Waals surface area contributed by atoms with E-state index in [4.69, 9.17) is 5.84 Å². The lowest BCUT2D eigenvalue weighted by Gasteiger charge is -2.20. The molecule has 0 amide bonds. The normalized spacial score (nSPS) is 18.5. The zero-order chi connectivity index (χ0) is 14.8. The average Bonchev–Trinajstić information content (AvgIpc) is 3.18. The number of aromatic nitrogens is 5. The summed E-state index contributed by atoms with van der Waals surface area (Å²) in [5.41, 5.74) is 2.49. The molecule has 2 aromatic heterocycles. The maximum atomic E-state index is 5.46. The summed E-state index contributed by atoms with van der Waals surface area (Å²) in [6, 6.07) is 2.32. The molecule has 1 atom stereocenters. The smallest absolute Gasteiger partial charge is 0.257 e. The van der Waals surface area contributed by atoms with Crippen molar-refractivity contribution in [3.05, 3.63) is 18.5 Å². The Morgan fingerprint density at radius 3 is 2.71 bits per heavy atom. The number of nitrogens with zero attached hydrogens (tertiary/aromatic N) is 7. The first-order valence-electron chi connectivity index (χ1n) is 6.81. The van der Waals surface area contributed by atoms with Crippen LogP contribution in [0.3, 0.4) is 0 Å². The molecule has 0 aromatic carbocycles. The Kier molecular flexibility index (Phi) is 3.67. The molecule has 3 rings (SSSR count). The first kappa shape index (κ1) is 13.7. The predicted molar refractivity (Wildman–Crippen MR) is 79.1 cm³/mol. The average molecular weight is 289 g/mol. The monoisotopic (exact) mass is 289 g/mol. The highest BCUT2D eigenvalue weighted by Crippen LogP contribution is 2.20. The fourth-order valence-corrected chi connectivity index (χ4v) is 2.39. The van der Waals surface area contributed by atoms with Gasteiger partial charge in [-0.25, -0.2) is 10.5 Å². The highest BCUT2D eigenvalue weighted by molar-refractivity contribution is 5.40. The highest BCUT2D eigenvalue weighted by Gasteiger charge is 2.26. The first-order valence-corrected chi connectivity index (χ1v) is 6.81. The van der Waals surface area contributed by atoms with Gasteiger partial charge in [0.05, 0.1) is 0 Å². The minimum absolute atomic E-state index is 0.332. The van der Waals surface area contributed by atoms with Crippen molar-refractivity contribution in [2.75, 3.05) is 37.5 Å². The molecule has 0 bridgehead atoms. The molecular formula is C12H19N9. The molecule has 112 valence electrons. The van der Waals surface area contributed by atoms with Crippen LogP contribution in [-0.4, -0.2) is 62.9 Å². The summed E-state index contributed by atoms with van der Waals surface area (Å²) in [5.74, 6) is 6.86. The van der Waals surface area contributed by atoms with E-state index >= 15 is 0 Å². The number of rotatable bonds is 4. The summed E-state index contributed by atoms with van der Waals surface area (Å²) in [4.78, 5) is 17.4. The van der Waals surface area contributed by atoms with Crippen molar-refractivity contribution in [1.29, 1.82) is 0 Å². The number of nitrogens with two attached hydrogens (primary N) is 1. The topological polar surface area (TPSA) is 101 Å². The van der Waals surface area contributed by atoms with Gasteiger partial charge in [-0.1, -0.05) is 0 Å². The van der Waals surface area contributed by atoms with E-state index in [1.54, 1.807) is 17.1 Å². The third-order valence-electron chi connectivity index (χ3n) is 3.63. The Bertz CT molecular complexity index is 595. The Labute approximate surface area is 122 Å². The van der Waals surface area contributed by atoms with Gasteiger partial charge in [-0.15, -0.1) is 0 Å². The van der Waals surface area contributed by atoms with Gasteiger partial charge in [0, 0.05) is 31.5 Å². The maximum absolute atomic E-state index is 5.46. The fraction of sp³-hybridized carbons (Fsp3) is 0.500. The number of nitrogen functional groups attached to an aromatic ring is 1. The summed E-state index contributed by atoms with van der Waals surface area (Å²) in [5, 5.41) is 4.14. The van der Waals surface area contributed by atoms with Crippen LogP contribution in [0.2, 0.25) is 0 Å². The SMILES string of the molecule is CN(C)C1CCN(c2nc(NN)nc(-n3cccn3)n2)C1. The van der Waals surface area contributed by atoms with E-state index < -0.39 is 0 Å². The molecule has 0 aliphatic carbocycles. The van der Waals surface area contributed by atoms with E-state index in [0.29, 0.717) is 23.9 Å². The third-order valence-corrected chi connectivity index (χ3v) is 3.63. The van der Waals surface area contributed by atoms with Gasteiger partial charge in [-0.3, -0.25) is 5.43 Å². The van der Waals surface area contributed by atoms with Crippen LogP contribution >= 0.6 is 0 Å². The Hall–Kier alpha value is -2.26. The predicted octanol–water partition coefficient (Wildman–Crippen LogP) is -0.517. The summed E-state index contributed by atoms with van der Waals surface area (Å²) in [7, 11) is 4.17. The number of hydrogen-bond acceptors (Lipinski definition) is 8. The van der Waals surface area contributed by atoms with Gasteiger partial charge in [0.15, 0.2) is 0 Å². The number of likely N-dealkylation sites (N-methyl/N-ethyl adjacent to an activating group) is 1. The van der Waals surface area contributed by atoms with E-state index in [2.05, 4.69) is 49.4 Å². The molecule has 21 heavy (non-hydrogen) atoms. The lowest BCUT2D eigenvalue weighted by atomic mass is 10.2. The van der Waals surface area contributed by atoms with Gasteiger partial charge in [0.1, 0.15) is 0 Å². The van der Waals surface area contributed by atoms with E-state index in [1.807, 2.05) is 6.07 Å². The molecule has 1 unspecified atom stereocenters. The largest absolute Gasteiger partial charge is 0.339 e. The van der Waals surface area contributed by atoms with E-state index in [1.165, 1.54) is 0 Å². The zero-order valence-corrected chi connectivity index (χ0v) is 12.1. The van der Waals surface area contributed by atoms with Crippen molar-refractivity contribution in [1.82, 2.24) is 29.6 Å². The standard InChI is InChI=1S/C12H19N9/c1-19(2)9-4-7-20(8-9)11-15-10(18-13)16-12(17-11)21-6-3-5-14-21/h3,5-6,9H,4,7-8,13H2,1-2H3,(H,15,16,17,18). The molecular weight excluding hydrogens is 270 g/mol. The lowest BCUT2D eigenvalue weighted by molar-refractivity contribution is 0.315. The Morgan fingerprint density at radius 2 is 2.10 bits per heavy atom. The van der Waals surface area contributed by atoms with Crippen LogP contribution in [-0.2, 0) is 0 Å². The number of nitrogens with one attached hydrogen (secondary N) is 1. The first-order chi connectivity index (χ1) is 10.2. The van der Waals surface area contributed by atoms with Gasteiger partial charge in [-0.2, -0.15) is 20.1 Å². The van der Waals surface area contributed by atoms with Crippen molar-refractivity contribution >= 4 is 11.9 Å². The maximum Gasteiger partial charge on any atom is 0.257 e. The second-order valence-corrected chi connectivity index (χ2v) is 5.21. The second kappa shape index (κ2) is 5.62. The number of hydrogen-bond donors (Lipinski definition) is 2. The van der Waals surface area contributed by atoms with Crippen molar-refractivity contribution < 1.29 is 0 Å². The minimum atomic E-state index is 0.332. The Morgan fingerprint density at radius 1 is 1.29 bits per heavy atom. The molecule has 1 aliphatic heterocycles. The van der Waals surface area contributed by atoms with Crippen LogP contribution in [0.1, 0.15) is 6.42 Å². The van der Waals surface area contributed by atoms with Crippen LogP contribution in [0, 0.1) is 0 Å². The second-order valence-electron chi connectivity index (χ2n) is 5.21. The van der Waals surface area contributed by atoms with Crippen LogP contribution in [0.5, 0.6) is 0 Å². The van der Waals surface area contributed by atoms with Gasteiger partial charge in [-0.05, 0) is 26.6 Å². The molecule has 9 nitrogen and oxygen atoms in total. The molecule has 9 heteroatoms. The zero-order valence-electron chi connectivity index (χ0n) is 12.1. The molecule has 1 fully saturated rings. The van der Waals surface area contributed by atoms with Gasteiger partial charge < -0.3 is 9.80 Å². The summed E-state index contributed by atoms with van der Waals surface area (Å²) < 4.78 is 1.59. The third kappa shape index (κ3) is 2.78. The fourth-order valence-electron chi connectivity index (χ4n) is 2.39. The lowest BCUT2D eigenvalue weighted by Crippen LogP contribution is -2.32. The molecule has 0 spiro atoms. The Balaban J connectivity index is 1.90. The number of hydrazine groups is 1. The van der Waals surface area contributed by atoms with Gasteiger partial charge >= 0.3 is 0 Å². The minimum Gasteiger partial charge on any atom is -0.339 e. The van der Waals surface area contributed by atoms with Crippen LogP contribution in [0.25, 0.3) is 5.95 Å². The van der Waals surface area contributed by atoms with E-state index in [9.17, 15) is 0 Å².